The molecule has 2 rings (SSSR count). The highest BCUT2D eigenvalue weighted by Gasteiger charge is 2.16. The zero-order valence-electron chi connectivity index (χ0n) is 12.9. The molecule has 1 amide bonds. The van der Waals surface area contributed by atoms with Crippen molar-refractivity contribution in [1.82, 2.24) is 4.57 Å². The normalized spacial score (nSPS) is 10.5. The highest BCUT2D eigenvalue weighted by Crippen LogP contribution is 2.12. The first-order valence-corrected chi connectivity index (χ1v) is 7.01. The van der Waals surface area contributed by atoms with E-state index in [9.17, 15) is 9.59 Å². The molecule has 0 aliphatic carbocycles. The molecule has 0 spiro atoms. The Morgan fingerprint density at radius 1 is 1.19 bits per heavy atom. The van der Waals surface area contributed by atoms with Crippen LogP contribution in [0.5, 0.6) is 0 Å². The van der Waals surface area contributed by atoms with Gasteiger partial charge in [-0.1, -0.05) is 19.1 Å². The van der Waals surface area contributed by atoms with E-state index in [1.54, 1.807) is 14.0 Å². The first-order chi connectivity index (χ1) is 9.93. The minimum Gasteiger partial charge on any atom is -0.322 e. The Hall–Kier alpha value is -2.36. The minimum atomic E-state index is -0.364. The maximum Gasteiger partial charge on any atom is 0.263 e. The molecule has 0 saturated carbocycles. The molecular weight excluding hydrogens is 264 g/mol. The summed E-state index contributed by atoms with van der Waals surface area (Å²) < 4.78 is 1.49. The number of carbonyl (C=O) groups is 1. The number of hydrogen-bond acceptors (Lipinski definition) is 2. The quantitative estimate of drug-likeness (QED) is 0.942. The van der Waals surface area contributed by atoms with Crippen molar-refractivity contribution in [1.29, 1.82) is 0 Å². The monoisotopic (exact) mass is 284 g/mol. The lowest BCUT2D eigenvalue weighted by Crippen LogP contribution is -2.30. The van der Waals surface area contributed by atoms with Crippen molar-refractivity contribution in [2.45, 2.75) is 27.2 Å². The molecule has 0 saturated heterocycles. The number of pyridine rings is 1. The Labute approximate surface area is 124 Å². The molecule has 0 aliphatic rings. The van der Waals surface area contributed by atoms with Gasteiger partial charge in [-0.05, 0) is 49.6 Å². The van der Waals surface area contributed by atoms with Crippen LogP contribution in [0.25, 0.3) is 0 Å². The molecule has 0 unspecified atom stereocenters. The summed E-state index contributed by atoms with van der Waals surface area (Å²) in [5, 5.41) is 2.79. The third kappa shape index (κ3) is 3.05. The van der Waals surface area contributed by atoms with Crippen LogP contribution in [-0.2, 0) is 13.5 Å². The number of aryl methyl sites for hydroxylation is 3. The summed E-state index contributed by atoms with van der Waals surface area (Å²) in [4.78, 5) is 24.6. The number of carbonyl (C=O) groups excluding carboxylic acids is 1. The molecule has 1 heterocycles. The first kappa shape index (κ1) is 15.0. The Morgan fingerprint density at radius 3 is 2.38 bits per heavy atom. The summed E-state index contributed by atoms with van der Waals surface area (Å²) in [6.45, 7) is 5.70. The van der Waals surface area contributed by atoms with E-state index in [0.717, 1.165) is 12.1 Å². The number of hydrogen-bond donors (Lipinski definition) is 1. The molecule has 1 aromatic heterocycles. The third-order valence-corrected chi connectivity index (χ3v) is 3.71. The van der Waals surface area contributed by atoms with E-state index in [1.807, 2.05) is 37.3 Å². The number of nitrogens with one attached hydrogen (secondary N) is 1. The van der Waals surface area contributed by atoms with Gasteiger partial charge >= 0.3 is 0 Å². The minimum absolute atomic E-state index is 0.197. The van der Waals surface area contributed by atoms with Crippen molar-refractivity contribution >= 4 is 11.6 Å². The molecule has 1 aromatic carbocycles. The standard InChI is InChI=1S/C17H20N2O2/c1-5-13-6-8-14(9-7-13)18-16(20)15-11(2)10-12(3)19(4)17(15)21/h6-10H,5H2,1-4H3,(H,18,20). The molecule has 2 aromatic rings. The van der Waals surface area contributed by atoms with Crippen LogP contribution in [0.2, 0.25) is 0 Å². The van der Waals surface area contributed by atoms with Crippen LogP contribution >= 0.6 is 0 Å². The maximum atomic E-state index is 12.3. The predicted octanol–water partition coefficient (Wildman–Crippen LogP) is 2.82. The topological polar surface area (TPSA) is 51.1 Å². The van der Waals surface area contributed by atoms with Crippen molar-refractivity contribution in [2.75, 3.05) is 5.32 Å². The second-order valence-electron chi connectivity index (χ2n) is 5.21. The zero-order chi connectivity index (χ0) is 15.6. The molecule has 4 nitrogen and oxygen atoms in total. The number of anilines is 1. The average Bonchev–Trinajstić information content (AvgIpc) is 2.45. The van der Waals surface area contributed by atoms with Gasteiger partial charge in [0, 0.05) is 18.4 Å². The van der Waals surface area contributed by atoms with Crippen LogP contribution < -0.4 is 10.9 Å². The van der Waals surface area contributed by atoms with Gasteiger partial charge in [0.15, 0.2) is 0 Å². The van der Waals surface area contributed by atoms with Crippen molar-refractivity contribution in [2.24, 2.45) is 7.05 Å². The lowest BCUT2D eigenvalue weighted by Gasteiger charge is -2.11. The van der Waals surface area contributed by atoms with Crippen molar-refractivity contribution < 1.29 is 4.79 Å². The highest BCUT2D eigenvalue weighted by molar-refractivity contribution is 6.05. The van der Waals surface area contributed by atoms with Gasteiger partial charge < -0.3 is 9.88 Å². The fraction of sp³-hybridized carbons (Fsp3) is 0.294. The Kier molecular flexibility index (Phi) is 4.26. The molecule has 0 atom stereocenters. The fourth-order valence-corrected chi connectivity index (χ4v) is 2.27. The lowest BCUT2D eigenvalue weighted by atomic mass is 10.1. The van der Waals surface area contributed by atoms with E-state index in [0.29, 0.717) is 11.3 Å². The van der Waals surface area contributed by atoms with Crippen molar-refractivity contribution in [3.8, 4) is 0 Å². The van der Waals surface area contributed by atoms with Crippen molar-refractivity contribution in [3.05, 3.63) is 63.1 Å². The maximum absolute atomic E-state index is 12.3. The van der Waals surface area contributed by atoms with Gasteiger partial charge in [-0.3, -0.25) is 9.59 Å². The van der Waals surface area contributed by atoms with E-state index in [1.165, 1.54) is 10.1 Å². The van der Waals surface area contributed by atoms with Crippen LogP contribution in [0.1, 0.15) is 34.1 Å². The number of rotatable bonds is 3. The molecule has 4 heteroatoms. The van der Waals surface area contributed by atoms with E-state index < -0.39 is 0 Å². The van der Waals surface area contributed by atoms with Gasteiger partial charge in [-0.15, -0.1) is 0 Å². The lowest BCUT2D eigenvalue weighted by molar-refractivity contribution is 0.102. The molecular formula is C17H20N2O2. The van der Waals surface area contributed by atoms with E-state index in [4.69, 9.17) is 0 Å². The second kappa shape index (κ2) is 5.95. The van der Waals surface area contributed by atoms with Gasteiger partial charge in [0.1, 0.15) is 5.56 Å². The third-order valence-electron chi connectivity index (χ3n) is 3.71. The number of aromatic nitrogens is 1. The smallest absolute Gasteiger partial charge is 0.263 e. The van der Waals surface area contributed by atoms with E-state index in [2.05, 4.69) is 12.2 Å². The van der Waals surface area contributed by atoms with Crippen LogP contribution in [0, 0.1) is 13.8 Å². The van der Waals surface area contributed by atoms with Crippen LogP contribution in [0.3, 0.4) is 0 Å². The second-order valence-corrected chi connectivity index (χ2v) is 5.21. The number of nitrogens with zero attached hydrogens (tertiary/aromatic N) is 1. The van der Waals surface area contributed by atoms with Gasteiger partial charge in [0.05, 0.1) is 0 Å². The van der Waals surface area contributed by atoms with Crippen LogP contribution in [-0.4, -0.2) is 10.5 Å². The SMILES string of the molecule is CCc1ccc(NC(=O)c2c(C)cc(C)n(C)c2=O)cc1. The molecule has 0 aliphatic heterocycles. The Balaban J connectivity index is 2.32. The Bertz CT molecular complexity index is 728. The molecule has 0 bridgehead atoms. The van der Waals surface area contributed by atoms with Crippen molar-refractivity contribution in [3.63, 3.8) is 0 Å². The summed E-state index contributed by atoms with van der Waals surface area (Å²) in [6.07, 6.45) is 0.950. The summed E-state index contributed by atoms with van der Waals surface area (Å²) in [7, 11) is 1.67. The zero-order valence-corrected chi connectivity index (χ0v) is 12.9. The van der Waals surface area contributed by atoms with Gasteiger partial charge in [0.2, 0.25) is 0 Å². The predicted molar refractivity (Wildman–Crippen MR) is 84.9 cm³/mol. The van der Waals surface area contributed by atoms with Crippen LogP contribution in [0.4, 0.5) is 5.69 Å². The summed E-state index contributed by atoms with van der Waals surface area (Å²) in [5.41, 5.74) is 3.35. The molecule has 21 heavy (non-hydrogen) atoms. The Morgan fingerprint density at radius 2 is 1.81 bits per heavy atom. The van der Waals surface area contributed by atoms with E-state index >= 15 is 0 Å². The molecule has 0 radical (unpaired) electrons. The summed E-state index contributed by atoms with van der Waals surface area (Å²) >= 11 is 0. The van der Waals surface area contributed by atoms with Gasteiger partial charge in [-0.25, -0.2) is 0 Å². The number of amides is 1. The largest absolute Gasteiger partial charge is 0.322 e. The molecule has 1 N–H and O–H groups in total. The van der Waals surface area contributed by atoms with Gasteiger partial charge in [-0.2, -0.15) is 0 Å². The molecule has 0 fully saturated rings. The highest BCUT2D eigenvalue weighted by atomic mass is 16.2. The van der Waals surface area contributed by atoms with Crippen LogP contribution in [0.15, 0.2) is 35.1 Å². The molecule has 110 valence electrons. The summed E-state index contributed by atoms with van der Waals surface area (Å²) in [5.74, 6) is -0.364. The number of benzene rings is 1. The first-order valence-electron chi connectivity index (χ1n) is 7.01. The average molecular weight is 284 g/mol. The summed E-state index contributed by atoms with van der Waals surface area (Å²) in [6, 6.07) is 9.48. The fourth-order valence-electron chi connectivity index (χ4n) is 2.27. The van der Waals surface area contributed by atoms with Gasteiger partial charge in [0.25, 0.3) is 11.5 Å². The van der Waals surface area contributed by atoms with E-state index in [-0.39, 0.29) is 17.0 Å².